The molecule has 0 spiro atoms. The van der Waals surface area contributed by atoms with Gasteiger partial charge < -0.3 is 5.11 Å². The van der Waals surface area contributed by atoms with Gasteiger partial charge in [-0.3, -0.25) is 4.68 Å². The number of benzene rings is 1. The van der Waals surface area contributed by atoms with E-state index in [1.807, 2.05) is 18.7 Å². The lowest BCUT2D eigenvalue weighted by Crippen LogP contribution is -2.08. The molecule has 0 fully saturated rings. The lowest BCUT2D eigenvalue weighted by Gasteiger charge is -2.14. The van der Waals surface area contributed by atoms with Crippen molar-refractivity contribution in [1.82, 2.24) is 9.78 Å². The van der Waals surface area contributed by atoms with Crippen molar-refractivity contribution in [1.29, 1.82) is 0 Å². The third-order valence-corrected chi connectivity index (χ3v) is 3.59. The quantitative estimate of drug-likeness (QED) is 0.915. The van der Waals surface area contributed by atoms with Gasteiger partial charge in [0.05, 0.1) is 11.8 Å². The third-order valence-electron chi connectivity index (χ3n) is 3.59. The number of aromatic nitrogens is 2. The van der Waals surface area contributed by atoms with Crippen LogP contribution in [0.2, 0.25) is 0 Å². The molecule has 3 nitrogen and oxygen atoms in total. The summed E-state index contributed by atoms with van der Waals surface area (Å²) in [5.41, 5.74) is 5.48. The van der Waals surface area contributed by atoms with Gasteiger partial charge in [0, 0.05) is 19.2 Å². The van der Waals surface area contributed by atoms with Gasteiger partial charge in [0.1, 0.15) is 0 Å². The Bertz CT molecular complexity index is 572. The highest BCUT2D eigenvalue weighted by atomic mass is 16.3. The van der Waals surface area contributed by atoms with Crippen molar-refractivity contribution < 1.29 is 5.11 Å². The van der Waals surface area contributed by atoms with E-state index in [1.54, 1.807) is 0 Å². The van der Waals surface area contributed by atoms with Crippen molar-refractivity contribution in [3.8, 4) is 0 Å². The van der Waals surface area contributed by atoms with Crippen molar-refractivity contribution in [2.24, 2.45) is 7.05 Å². The lowest BCUT2D eigenvalue weighted by molar-refractivity contribution is 0.175. The molecule has 0 aliphatic carbocycles. The molecule has 1 aromatic carbocycles. The summed E-state index contributed by atoms with van der Waals surface area (Å²) in [4.78, 5) is 0. The van der Waals surface area contributed by atoms with Crippen LogP contribution in [0.4, 0.5) is 0 Å². The molecular weight excluding hydrogens is 236 g/mol. The molecule has 0 radical (unpaired) electrons. The lowest BCUT2D eigenvalue weighted by atomic mass is 9.98. The molecule has 0 amide bonds. The molecular formula is C16H22N2O. The fourth-order valence-corrected chi connectivity index (χ4v) is 2.36. The zero-order chi connectivity index (χ0) is 14.0. The number of aliphatic hydroxyl groups excluding tert-OH is 1. The van der Waals surface area contributed by atoms with Crippen LogP contribution >= 0.6 is 0 Å². The van der Waals surface area contributed by atoms with Crippen LogP contribution in [0.1, 0.15) is 41.1 Å². The average Bonchev–Trinajstić information content (AvgIpc) is 2.73. The fraction of sp³-hybridized carbons (Fsp3) is 0.438. The van der Waals surface area contributed by atoms with E-state index < -0.39 is 6.10 Å². The molecule has 0 saturated carbocycles. The summed E-state index contributed by atoms with van der Waals surface area (Å²) < 4.78 is 1.87. The number of nitrogens with zero attached hydrogens (tertiary/aromatic N) is 2. The van der Waals surface area contributed by atoms with Crippen LogP contribution in [-0.4, -0.2) is 14.9 Å². The van der Waals surface area contributed by atoms with Gasteiger partial charge in [-0.05, 0) is 37.5 Å². The normalized spacial score (nSPS) is 12.7. The Kier molecular flexibility index (Phi) is 4.05. The first-order valence-corrected chi connectivity index (χ1v) is 6.78. The van der Waals surface area contributed by atoms with E-state index in [-0.39, 0.29) is 0 Å². The minimum absolute atomic E-state index is 0.472. The summed E-state index contributed by atoms with van der Waals surface area (Å²) in [6.07, 6.45) is 1.06. The van der Waals surface area contributed by atoms with Crippen LogP contribution in [0, 0.1) is 13.8 Å². The molecule has 1 aromatic heterocycles. The highest BCUT2D eigenvalue weighted by molar-refractivity contribution is 5.33. The summed E-state index contributed by atoms with van der Waals surface area (Å²) >= 11 is 0. The van der Waals surface area contributed by atoms with Gasteiger partial charge in [-0.25, -0.2) is 0 Å². The third kappa shape index (κ3) is 3.04. The molecule has 1 N–H and O–H groups in total. The first kappa shape index (κ1) is 13.8. The van der Waals surface area contributed by atoms with Crippen molar-refractivity contribution >= 4 is 0 Å². The van der Waals surface area contributed by atoms with Crippen molar-refractivity contribution in [3.63, 3.8) is 0 Å². The number of aliphatic hydroxyl groups is 1. The molecule has 2 rings (SSSR count). The Morgan fingerprint density at radius 3 is 2.63 bits per heavy atom. The zero-order valence-electron chi connectivity index (χ0n) is 12.1. The molecule has 2 aromatic rings. The Labute approximate surface area is 114 Å². The largest absolute Gasteiger partial charge is 0.388 e. The molecule has 19 heavy (non-hydrogen) atoms. The molecule has 102 valence electrons. The van der Waals surface area contributed by atoms with Gasteiger partial charge in [-0.15, -0.1) is 0 Å². The first-order valence-electron chi connectivity index (χ1n) is 6.78. The summed E-state index contributed by atoms with van der Waals surface area (Å²) in [6.45, 7) is 6.18. The molecule has 1 heterocycles. The number of hydrogen-bond acceptors (Lipinski definition) is 2. The van der Waals surface area contributed by atoms with Crippen molar-refractivity contribution in [2.45, 2.75) is 39.7 Å². The van der Waals surface area contributed by atoms with Gasteiger partial charge >= 0.3 is 0 Å². The van der Waals surface area contributed by atoms with E-state index in [0.29, 0.717) is 6.42 Å². The van der Waals surface area contributed by atoms with Crippen molar-refractivity contribution in [3.05, 3.63) is 52.3 Å². The summed E-state index contributed by atoms with van der Waals surface area (Å²) in [5, 5.41) is 14.9. The van der Waals surface area contributed by atoms with Crippen LogP contribution in [-0.2, 0) is 19.9 Å². The second kappa shape index (κ2) is 5.57. The monoisotopic (exact) mass is 258 g/mol. The van der Waals surface area contributed by atoms with E-state index >= 15 is 0 Å². The maximum Gasteiger partial charge on any atom is 0.0847 e. The van der Waals surface area contributed by atoms with Crippen LogP contribution in [0.3, 0.4) is 0 Å². The number of aryl methyl sites for hydroxylation is 4. The molecule has 1 atom stereocenters. The predicted octanol–water partition coefficient (Wildman–Crippen LogP) is 2.88. The summed E-state index contributed by atoms with van der Waals surface area (Å²) in [7, 11) is 1.93. The zero-order valence-corrected chi connectivity index (χ0v) is 12.1. The van der Waals surface area contributed by atoms with E-state index in [9.17, 15) is 5.11 Å². The van der Waals surface area contributed by atoms with Crippen LogP contribution in [0.15, 0.2) is 24.3 Å². The average molecular weight is 258 g/mol. The Morgan fingerprint density at radius 2 is 2.00 bits per heavy atom. The SMILES string of the molecule is CCc1cc(CC(O)c2cc(C)ccc2C)n(C)n1. The maximum absolute atomic E-state index is 10.4. The molecule has 0 aliphatic rings. The van der Waals surface area contributed by atoms with Gasteiger partial charge in [-0.2, -0.15) is 5.10 Å². The van der Waals surface area contributed by atoms with E-state index in [2.05, 4.69) is 43.2 Å². The van der Waals surface area contributed by atoms with Crippen LogP contribution < -0.4 is 0 Å². The second-order valence-electron chi connectivity index (χ2n) is 5.18. The highest BCUT2D eigenvalue weighted by Gasteiger charge is 2.14. The number of rotatable bonds is 4. The fourth-order valence-electron chi connectivity index (χ4n) is 2.36. The topological polar surface area (TPSA) is 38.0 Å². The van der Waals surface area contributed by atoms with Crippen molar-refractivity contribution in [2.75, 3.05) is 0 Å². The summed E-state index contributed by atoms with van der Waals surface area (Å²) in [6, 6.07) is 8.28. The minimum Gasteiger partial charge on any atom is -0.388 e. The van der Waals surface area contributed by atoms with Crippen LogP contribution in [0.25, 0.3) is 0 Å². The number of hydrogen-bond donors (Lipinski definition) is 1. The second-order valence-corrected chi connectivity index (χ2v) is 5.18. The van der Waals surface area contributed by atoms with Gasteiger partial charge in [0.2, 0.25) is 0 Å². The van der Waals surface area contributed by atoms with Crippen LogP contribution in [0.5, 0.6) is 0 Å². The molecule has 0 bridgehead atoms. The van der Waals surface area contributed by atoms with E-state index in [0.717, 1.165) is 28.9 Å². The smallest absolute Gasteiger partial charge is 0.0847 e. The highest BCUT2D eigenvalue weighted by Crippen LogP contribution is 2.23. The van der Waals surface area contributed by atoms with Gasteiger partial charge in [0.25, 0.3) is 0 Å². The molecule has 0 saturated heterocycles. The summed E-state index contributed by atoms with van der Waals surface area (Å²) in [5.74, 6) is 0. The Balaban J connectivity index is 2.22. The predicted molar refractivity (Wildman–Crippen MR) is 77.2 cm³/mol. The minimum atomic E-state index is -0.472. The first-order chi connectivity index (χ1) is 9.01. The van der Waals surface area contributed by atoms with E-state index in [4.69, 9.17) is 0 Å². The van der Waals surface area contributed by atoms with Gasteiger partial charge in [0.15, 0.2) is 0 Å². The molecule has 3 heteroatoms. The Morgan fingerprint density at radius 1 is 1.26 bits per heavy atom. The standard InChI is InChI=1S/C16H22N2O/c1-5-13-9-14(18(4)17-13)10-16(19)15-8-11(2)6-7-12(15)3/h6-9,16,19H,5,10H2,1-4H3. The molecule has 1 unspecified atom stereocenters. The van der Waals surface area contributed by atoms with Gasteiger partial charge in [-0.1, -0.05) is 30.7 Å². The van der Waals surface area contributed by atoms with E-state index in [1.165, 1.54) is 5.56 Å². The Hall–Kier alpha value is -1.61. The molecule has 0 aliphatic heterocycles. The maximum atomic E-state index is 10.4.